The molecule has 0 fully saturated rings. The van der Waals surface area contributed by atoms with E-state index in [9.17, 15) is 13.2 Å². The van der Waals surface area contributed by atoms with Crippen molar-refractivity contribution in [3.05, 3.63) is 89.5 Å². The van der Waals surface area contributed by atoms with Crippen LogP contribution < -0.4 is 14.8 Å². The van der Waals surface area contributed by atoms with Crippen molar-refractivity contribution >= 4 is 21.6 Å². The van der Waals surface area contributed by atoms with Crippen LogP contribution in [0.15, 0.2) is 77.7 Å². The van der Waals surface area contributed by atoms with Crippen molar-refractivity contribution in [1.29, 1.82) is 0 Å². The normalized spacial score (nSPS) is 11.0. The first-order chi connectivity index (χ1) is 14.4. The molecule has 0 radical (unpaired) electrons. The smallest absolute Gasteiger partial charge is 0.261 e. The molecule has 0 aliphatic carbocycles. The summed E-state index contributed by atoms with van der Waals surface area (Å²) >= 11 is 0. The van der Waals surface area contributed by atoms with Crippen LogP contribution in [-0.2, 0) is 10.0 Å². The number of para-hydroxylation sites is 1. The van der Waals surface area contributed by atoms with Crippen molar-refractivity contribution in [2.75, 3.05) is 17.9 Å². The first kappa shape index (κ1) is 21.4. The summed E-state index contributed by atoms with van der Waals surface area (Å²) < 4.78 is 33.3. The molecular weight excluding hydrogens is 400 g/mol. The molecule has 0 aliphatic rings. The molecule has 3 aromatic rings. The van der Waals surface area contributed by atoms with E-state index in [2.05, 4.69) is 10.0 Å². The second-order valence-electron chi connectivity index (χ2n) is 6.81. The number of sulfonamides is 1. The summed E-state index contributed by atoms with van der Waals surface area (Å²) in [5, 5.41) is 2.76. The van der Waals surface area contributed by atoms with E-state index in [1.807, 2.05) is 32.0 Å². The fourth-order valence-corrected chi connectivity index (χ4v) is 3.91. The highest BCUT2D eigenvalue weighted by atomic mass is 32.2. The van der Waals surface area contributed by atoms with E-state index in [1.165, 1.54) is 17.7 Å². The van der Waals surface area contributed by atoms with Crippen molar-refractivity contribution in [2.24, 2.45) is 0 Å². The number of ether oxygens (including phenoxy) is 1. The van der Waals surface area contributed by atoms with E-state index in [4.69, 9.17) is 4.74 Å². The molecule has 3 rings (SSSR count). The number of aryl methyl sites for hydroxylation is 2. The molecular formula is C23H24N2O4S. The zero-order valence-corrected chi connectivity index (χ0v) is 17.7. The minimum absolute atomic E-state index is 0.127. The highest BCUT2D eigenvalue weighted by molar-refractivity contribution is 7.92. The molecule has 2 N–H and O–H groups in total. The summed E-state index contributed by atoms with van der Waals surface area (Å²) in [4.78, 5) is 12.7. The quantitative estimate of drug-likeness (QED) is 0.537. The van der Waals surface area contributed by atoms with E-state index in [-0.39, 0.29) is 28.6 Å². The summed E-state index contributed by atoms with van der Waals surface area (Å²) in [5.41, 5.74) is 2.78. The highest BCUT2D eigenvalue weighted by Crippen LogP contribution is 2.20. The molecule has 0 aliphatic heterocycles. The highest BCUT2D eigenvalue weighted by Gasteiger charge is 2.18. The molecule has 0 aromatic heterocycles. The fraction of sp³-hybridized carbons (Fsp3) is 0.174. The molecule has 156 valence electrons. The van der Waals surface area contributed by atoms with Crippen molar-refractivity contribution in [3.63, 3.8) is 0 Å². The Morgan fingerprint density at radius 1 is 0.900 bits per heavy atom. The van der Waals surface area contributed by atoms with Gasteiger partial charge in [0.1, 0.15) is 12.4 Å². The Balaban J connectivity index is 1.62. The summed E-state index contributed by atoms with van der Waals surface area (Å²) in [7, 11) is -3.79. The molecule has 0 heterocycles. The van der Waals surface area contributed by atoms with Gasteiger partial charge in [0.2, 0.25) is 0 Å². The van der Waals surface area contributed by atoms with Gasteiger partial charge in [0.25, 0.3) is 15.9 Å². The molecule has 1 amide bonds. The maximum Gasteiger partial charge on any atom is 0.261 e. The summed E-state index contributed by atoms with van der Waals surface area (Å²) in [6, 6.07) is 20.3. The average Bonchev–Trinajstić information content (AvgIpc) is 2.74. The summed E-state index contributed by atoms with van der Waals surface area (Å²) in [5.74, 6) is 0.355. The number of benzene rings is 3. The van der Waals surface area contributed by atoms with E-state index in [0.717, 1.165) is 11.3 Å². The van der Waals surface area contributed by atoms with E-state index < -0.39 is 10.0 Å². The van der Waals surface area contributed by atoms with Gasteiger partial charge in [-0.1, -0.05) is 36.4 Å². The first-order valence-electron chi connectivity index (χ1n) is 9.52. The molecule has 30 heavy (non-hydrogen) atoms. The van der Waals surface area contributed by atoms with Gasteiger partial charge in [0, 0.05) is 0 Å². The van der Waals surface area contributed by atoms with E-state index in [1.54, 1.807) is 42.5 Å². The molecule has 0 atom stereocenters. The maximum absolute atomic E-state index is 12.6. The van der Waals surface area contributed by atoms with Crippen LogP contribution in [-0.4, -0.2) is 27.5 Å². The third kappa shape index (κ3) is 5.39. The predicted molar refractivity (Wildman–Crippen MR) is 117 cm³/mol. The van der Waals surface area contributed by atoms with Crippen molar-refractivity contribution in [3.8, 4) is 5.75 Å². The predicted octanol–water partition coefficient (Wildman–Crippen LogP) is 3.91. The lowest BCUT2D eigenvalue weighted by Crippen LogP contribution is -2.29. The summed E-state index contributed by atoms with van der Waals surface area (Å²) in [6.07, 6.45) is 0. The van der Waals surface area contributed by atoms with Crippen molar-refractivity contribution in [1.82, 2.24) is 5.32 Å². The van der Waals surface area contributed by atoms with Crippen LogP contribution in [0.2, 0.25) is 0 Å². The van der Waals surface area contributed by atoms with E-state index >= 15 is 0 Å². The van der Waals surface area contributed by atoms with Crippen LogP contribution in [0.5, 0.6) is 5.75 Å². The van der Waals surface area contributed by atoms with Crippen LogP contribution >= 0.6 is 0 Å². The Morgan fingerprint density at radius 3 is 2.33 bits per heavy atom. The largest absolute Gasteiger partial charge is 0.492 e. The number of hydrogen-bond acceptors (Lipinski definition) is 4. The van der Waals surface area contributed by atoms with Crippen LogP contribution in [0.3, 0.4) is 0 Å². The fourth-order valence-electron chi connectivity index (χ4n) is 2.81. The van der Waals surface area contributed by atoms with Crippen molar-refractivity contribution in [2.45, 2.75) is 18.7 Å². The molecule has 7 heteroatoms. The first-order valence-corrected chi connectivity index (χ1v) is 11.0. The topological polar surface area (TPSA) is 84.5 Å². The number of carbonyl (C=O) groups is 1. The Kier molecular flexibility index (Phi) is 6.74. The average molecular weight is 425 g/mol. The minimum atomic E-state index is -3.79. The van der Waals surface area contributed by atoms with Gasteiger partial charge in [-0.15, -0.1) is 0 Å². The van der Waals surface area contributed by atoms with Gasteiger partial charge in [-0.3, -0.25) is 9.52 Å². The third-order valence-electron chi connectivity index (χ3n) is 4.60. The second-order valence-corrected chi connectivity index (χ2v) is 8.50. The number of rotatable bonds is 8. The van der Waals surface area contributed by atoms with Gasteiger partial charge in [0.15, 0.2) is 0 Å². The number of anilines is 1. The van der Waals surface area contributed by atoms with Crippen LogP contribution in [0.25, 0.3) is 0 Å². The Morgan fingerprint density at radius 2 is 1.60 bits per heavy atom. The summed E-state index contributed by atoms with van der Waals surface area (Å²) in [6.45, 7) is 4.62. The monoisotopic (exact) mass is 424 g/mol. The molecule has 0 spiro atoms. The maximum atomic E-state index is 12.6. The number of amides is 1. The van der Waals surface area contributed by atoms with Gasteiger partial charge in [-0.05, 0) is 61.4 Å². The third-order valence-corrected chi connectivity index (χ3v) is 5.99. The van der Waals surface area contributed by atoms with Crippen molar-refractivity contribution < 1.29 is 17.9 Å². The van der Waals surface area contributed by atoms with E-state index in [0.29, 0.717) is 6.61 Å². The lowest BCUT2D eigenvalue weighted by atomic mass is 10.1. The Bertz CT molecular complexity index is 1130. The number of nitrogens with one attached hydrogen (secondary N) is 2. The Labute approximate surface area is 177 Å². The lowest BCUT2D eigenvalue weighted by Gasteiger charge is -2.13. The molecule has 0 bridgehead atoms. The number of hydrogen-bond donors (Lipinski definition) is 2. The molecule has 6 nitrogen and oxygen atoms in total. The number of carbonyl (C=O) groups excluding carboxylic acids is 1. The van der Waals surface area contributed by atoms with Gasteiger partial charge < -0.3 is 10.1 Å². The Hall–Kier alpha value is -3.32. The van der Waals surface area contributed by atoms with Crippen LogP contribution in [0, 0.1) is 13.8 Å². The SMILES string of the molecule is Cc1ccc(OCCNC(=O)c2ccccc2NS(=O)(=O)c2ccccc2)cc1C. The standard InChI is InChI=1S/C23H24N2O4S/c1-17-12-13-19(16-18(17)2)29-15-14-24-23(26)21-10-6-7-11-22(21)25-30(27,28)20-8-4-3-5-9-20/h3-13,16,25H,14-15H2,1-2H3,(H,24,26). The minimum Gasteiger partial charge on any atom is -0.492 e. The second kappa shape index (κ2) is 9.45. The van der Waals surface area contributed by atoms with Gasteiger partial charge in [0.05, 0.1) is 22.7 Å². The zero-order valence-electron chi connectivity index (χ0n) is 16.9. The van der Waals surface area contributed by atoms with Gasteiger partial charge in [-0.2, -0.15) is 0 Å². The van der Waals surface area contributed by atoms with Gasteiger partial charge in [-0.25, -0.2) is 8.42 Å². The molecule has 0 saturated heterocycles. The molecule has 0 unspecified atom stereocenters. The zero-order chi connectivity index (χ0) is 21.6. The van der Waals surface area contributed by atoms with Crippen LogP contribution in [0.4, 0.5) is 5.69 Å². The van der Waals surface area contributed by atoms with Crippen LogP contribution in [0.1, 0.15) is 21.5 Å². The molecule has 3 aromatic carbocycles. The van der Waals surface area contributed by atoms with Gasteiger partial charge >= 0.3 is 0 Å². The lowest BCUT2D eigenvalue weighted by molar-refractivity contribution is 0.0948. The molecule has 0 saturated carbocycles.